The lowest BCUT2D eigenvalue weighted by Crippen LogP contribution is -2.51. The van der Waals surface area contributed by atoms with Gasteiger partial charge in [-0.25, -0.2) is 4.98 Å². The summed E-state index contributed by atoms with van der Waals surface area (Å²) in [7, 11) is 0. The Morgan fingerprint density at radius 3 is 2.56 bits per heavy atom. The number of aromatic nitrogens is 3. The fourth-order valence-corrected chi connectivity index (χ4v) is 4.09. The number of carbonyl (C=O) groups is 1. The first-order valence-electron chi connectivity index (χ1n) is 10.8. The summed E-state index contributed by atoms with van der Waals surface area (Å²) in [5, 5.41) is 18.9. The molecule has 1 aromatic carbocycles. The maximum absolute atomic E-state index is 12.8. The molecule has 3 heterocycles. The van der Waals surface area contributed by atoms with Crippen molar-refractivity contribution in [3.63, 3.8) is 0 Å². The number of carboxylic acids is 1. The number of alkyl halides is 3. The lowest BCUT2D eigenvalue weighted by molar-refractivity contribution is -0.138. The van der Waals surface area contributed by atoms with Gasteiger partial charge in [0.1, 0.15) is 12.4 Å². The molecule has 3 N–H and O–H groups in total. The van der Waals surface area contributed by atoms with Crippen molar-refractivity contribution in [1.29, 1.82) is 0 Å². The van der Waals surface area contributed by atoms with Crippen LogP contribution in [0.4, 0.5) is 24.7 Å². The number of H-pyrrole nitrogens is 1. The fourth-order valence-electron chi connectivity index (χ4n) is 4.09. The van der Waals surface area contributed by atoms with Crippen LogP contribution in [0.1, 0.15) is 18.1 Å². The molecule has 34 heavy (non-hydrogen) atoms. The number of nitrogens with one attached hydrogen (secondary N) is 2. The molecule has 1 unspecified atom stereocenters. The smallest absolute Gasteiger partial charge is 0.417 e. The van der Waals surface area contributed by atoms with Crippen LogP contribution in [0.25, 0.3) is 11.3 Å². The van der Waals surface area contributed by atoms with Crippen molar-refractivity contribution in [3.8, 4) is 11.3 Å². The molecular formula is C23H25F3N6O2. The third kappa shape index (κ3) is 5.48. The van der Waals surface area contributed by atoms with Crippen LogP contribution in [0.2, 0.25) is 0 Å². The number of hydrogen-bond donors (Lipinski definition) is 3. The zero-order valence-corrected chi connectivity index (χ0v) is 18.5. The average Bonchev–Trinajstić information content (AvgIpc) is 3.26. The summed E-state index contributed by atoms with van der Waals surface area (Å²) in [6, 6.07) is 10.0. The van der Waals surface area contributed by atoms with Crippen LogP contribution in [-0.2, 0) is 17.5 Å². The third-order valence-electron chi connectivity index (χ3n) is 5.81. The van der Waals surface area contributed by atoms with Gasteiger partial charge in [0.15, 0.2) is 0 Å². The summed E-state index contributed by atoms with van der Waals surface area (Å²) in [5.74, 6) is -0.385. The summed E-state index contributed by atoms with van der Waals surface area (Å²) >= 11 is 0. The monoisotopic (exact) mass is 474 g/mol. The van der Waals surface area contributed by atoms with E-state index in [-0.39, 0.29) is 12.6 Å². The van der Waals surface area contributed by atoms with Crippen molar-refractivity contribution in [1.82, 2.24) is 20.1 Å². The van der Waals surface area contributed by atoms with Crippen LogP contribution in [0, 0.1) is 0 Å². The Bertz CT molecular complexity index is 1110. The van der Waals surface area contributed by atoms with Crippen LogP contribution in [-0.4, -0.2) is 63.4 Å². The number of benzene rings is 1. The van der Waals surface area contributed by atoms with Crippen LogP contribution < -0.4 is 10.2 Å². The Hall–Kier alpha value is -3.60. The first kappa shape index (κ1) is 23.6. The van der Waals surface area contributed by atoms with Gasteiger partial charge in [-0.05, 0) is 31.2 Å². The number of carboxylic acid groups (broad SMARTS) is 1. The van der Waals surface area contributed by atoms with E-state index in [0.29, 0.717) is 24.6 Å². The lowest BCUT2D eigenvalue weighted by atomic mass is 10.1. The first-order chi connectivity index (χ1) is 16.2. The molecule has 0 bridgehead atoms. The molecule has 0 saturated carbocycles. The van der Waals surface area contributed by atoms with E-state index < -0.39 is 17.7 Å². The van der Waals surface area contributed by atoms with Gasteiger partial charge in [-0.3, -0.25) is 14.8 Å². The number of rotatable bonds is 7. The molecule has 1 fully saturated rings. The van der Waals surface area contributed by atoms with Gasteiger partial charge in [0, 0.05) is 55.2 Å². The zero-order valence-electron chi connectivity index (χ0n) is 18.5. The summed E-state index contributed by atoms with van der Waals surface area (Å²) in [5.41, 5.74) is 2.83. The summed E-state index contributed by atoms with van der Waals surface area (Å²) < 4.78 is 38.4. The number of nitrogens with zero attached hydrogens (tertiary/aromatic N) is 4. The van der Waals surface area contributed by atoms with Gasteiger partial charge in [0.25, 0.3) is 0 Å². The van der Waals surface area contributed by atoms with E-state index in [2.05, 4.69) is 25.4 Å². The van der Waals surface area contributed by atoms with Crippen molar-refractivity contribution >= 4 is 17.5 Å². The first-order valence-corrected chi connectivity index (χ1v) is 10.8. The Morgan fingerprint density at radius 1 is 1.18 bits per heavy atom. The molecule has 1 atom stereocenters. The van der Waals surface area contributed by atoms with Gasteiger partial charge in [0.05, 0.1) is 17.5 Å². The number of anilines is 2. The van der Waals surface area contributed by atoms with E-state index >= 15 is 0 Å². The number of hydrogen-bond acceptors (Lipinski definition) is 6. The van der Waals surface area contributed by atoms with Gasteiger partial charge in [0.2, 0.25) is 0 Å². The van der Waals surface area contributed by atoms with Gasteiger partial charge in [-0.1, -0.05) is 12.1 Å². The number of halogens is 3. The molecule has 11 heteroatoms. The second kappa shape index (κ2) is 9.72. The van der Waals surface area contributed by atoms with Crippen molar-refractivity contribution in [2.24, 2.45) is 0 Å². The minimum absolute atomic E-state index is 0.0768. The van der Waals surface area contributed by atoms with Crippen molar-refractivity contribution in [3.05, 3.63) is 59.9 Å². The molecule has 4 rings (SSSR count). The van der Waals surface area contributed by atoms with Crippen LogP contribution in [0.5, 0.6) is 0 Å². The SMILES string of the molecule is CC1CN(Cc2cn[nH]c2-c2ccc(NCC(=O)O)cc2)CCN1c1ccc(C(F)(F)F)cn1. The maximum Gasteiger partial charge on any atom is 0.417 e. The minimum Gasteiger partial charge on any atom is -0.480 e. The van der Waals surface area contributed by atoms with Crippen LogP contribution in [0.15, 0.2) is 48.8 Å². The highest BCUT2D eigenvalue weighted by molar-refractivity contribution is 5.73. The number of pyridine rings is 1. The molecule has 0 aliphatic carbocycles. The van der Waals surface area contributed by atoms with Gasteiger partial charge < -0.3 is 15.3 Å². The predicted octanol–water partition coefficient (Wildman–Crippen LogP) is 3.70. The molecule has 8 nitrogen and oxygen atoms in total. The Balaban J connectivity index is 1.38. The Labute approximate surface area is 194 Å². The quantitative estimate of drug-likeness (QED) is 0.481. The molecule has 180 valence electrons. The number of aromatic amines is 1. The van der Waals surface area contributed by atoms with E-state index in [9.17, 15) is 18.0 Å². The third-order valence-corrected chi connectivity index (χ3v) is 5.81. The fraction of sp³-hybridized carbons (Fsp3) is 0.348. The maximum atomic E-state index is 12.8. The van der Waals surface area contributed by atoms with Gasteiger partial charge in [-0.15, -0.1) is 0 Å². The highest BCUT2D eigenvalue weighted by Gasteiger charge is 2.31. The molecule has 0 radical (unpaired) electrons. The van der Waals surface area contributed by atoms with E-state index in [4.69, 9.17) is 5.11 Å². The lowest BCUT2D eigenvalue weighted by Gasteiger charge is -2.40. The predicted molar refractivity (Wildman–Crippen MR) is 121 cm³/mol. The summed E-state index contributed by atoms with van der Waals surface area (Å²) in [6.45, 7) is 4.66. The van der Waals surface area contributed by atoms with E-state index in [1.165, 1.54) is 6.07 Å². The largest absolute Gasteiger partial charge is 0.480 e. The summed E-state index contributed by atoms with van der Waals surface area (Å²) in [6.07, 6.45) is -1.72. The second-order valence-electron chi connectivity index (χ2n) is 8.28. The summed E-state index contributed by atoms with van der Waals surface area (Å²) in [4.78, 5) is 19.0. The number of piperazine rings is 1. The molecule has 2 aromatic heterocycles. The number of aliphatic carboxylic acids is 1. The Morgan fingerprint density at radius 2 is 1.94 bits per heavy atom. The Kier molecular flexibility index (Phi) is 6.73. The minimum atomic E-state index is -4.40. The normalized spacial score (nSPS) is 17.1. The van der Waals surface area contributed by atoms with Gasteiger partial charge >= 0.3 is 12.1 Å². The van der Waals surface area contributed by atoms with Crippen LogP contribution >= 0.6 is 0 Å². The van der Waals surface area contributed by atoms with Crippen LogP contribution in [0.3, 0.4) is 0 Å². The molecule has 0 amide bonds. The van der Waals surface area contributed by atoms with Crippen molar-refractivity contribution < 1.29 is 23.1 Å². The molecule has 1 aliphatic heterocycles. The van der Waals surface area contributed by atoms with Crippen molar-refractivity contribution in [2.75, 3.05) is 36.4 Å². The van der Waals surface area contributed by atoms with Crippen molar-refractivity contribution in [2.45, 2.75) is 25.7 Å². The van der Waals surface area contributed by atoms with E-state index in [0.717, 1.165) is 42.2 Å². The highest BCUT2D eigenvalue weighted by Crippen LogP contribution is 2.30. The van der Waals surface area contributed by atoms with E-state index in [1.54, 1.807) is 6.20 Å². The topological polar surface area (TPSA) is 97.4 Å². The highest BCUT2D eigenvalue weighted by atomic mass is 19.4. The second-order valence-corrected chi connectivity index (χ2v) is 8.28. The molecular weight excluding hydrogens is 449 g/mol. The van der Waals surface area contributed by atoms with Gasteiger partial charge in [-0.2, -0.15) is 18.3 Å². The molecule has 0 spiro atoms. The standard InChI is InChI=1S/C23H25F3N6O2/c1-15-13-31(8-9-32(15)20-7-4-18(11-28-20)23(24,25)26)14-17-10-29-30-22(17)16-2-5-19(6-3-16)27-12-21(33)34/h2-7,10-11,15,27H,8-9,12-14H2,1H3,(H,29,30)(H,33,34). The molecule has 1 saturated heterocycles. The molecule has 3 aromatic rings. The zero-order chi connectivity index (χ0) is 24.3. The molecule has 1 aliphatic rings. The van der Waals surface area contributed by atoms with E-state index in [1.807, 2.05) is 36.1 Å². The average molecular weight is 474 g/mol.